The van der Waals surface area contributed by atoms with Gasteiger partial charge in [-0.2, -0.15) is 0 Å². The first kappa shape index (κ1) is 20.8. The van der Waals surface area contributed by atoms with Crippen LogP contribution in [0.2, 0.25) is 0 Å². The van der Waals surface area contributed by atoms with E-state index in [1.54, 1.807) is 18.8 Å². The van der Waals surface area contributed by atoms with Crippen molar-refractivity contribution in [1.29, 1.82) is 0 Å². The van der Waals surface area contributed by atoms with Crippen LogP contribution in [0.3, 0.4) is 0 Å². The van der Waals surface area contributed by atoms with Gasteiger partial charge < -0.3 is 19.2 Å². The highest BCUT2D eigenvalue weighted by molar-refractivity contribution is 7.13. The third-order valence-electron chi connectivity index (χ3n) is 4.61. The van der Waals surface area contributed by atoms with Crippen LogP contribution in [-0.4, -0.2) is 18.0 Å². The molecule has 2 aromatic carbocycles. The van der Waals surface area contributed by atoms with Crippen molar-refractivity contribution in [3.05, 3.63) is 94.9 Å². The fourth-order valence-electron chi connectivity index (χ4n) is 3.01. The number of methoxy groups -OCH3 is 1. The second kappa shape index (κ2) is 10.1. The Bertz CT molecular complexity index is 1120. The van der Waals surface area contributed by atoms with Crippen LogP contribution in [0.1, 0.15) is 27.4 Å². The van der Waals surface area contributed by atoms with Gasteiger partial charge in [-0.15, -0.1) is 11.3 Å². The zero-order valence-electron chi connectivity index (χ0n) is 17.0. The number of nitrogens with zero attached hydrogens (tertiary/aromatic N) is 1. The number of furan rings is 1. The van der Waals surface area contributed by atoms with Crippen LogP contribution < -0.4 is 10.1 Å². The summed E-state index contributed by atoms with van der Waals surface area (Å²) in [5.41, 5.74) is 3.40. The molecule has 158 valence electrons. The molecule has 0 saturated heterocycles. The number of nitrogens with one attached hydrogen (secondary N) is 1. The number of carbonyl (C=O) groups is 1. The Morgan fingerprint density at radius 2 is 1.90 bits per heavy atom. The normalized spacial score (nSPS) is 10.7. The highest BCUT2D eigenvalue weighted by atomic mass is 32.1. The minimum atomic E-state index is -0.199. The van der Waals surface area contributed by atoms with Gasteiger partial charge in [-0.3, -0.25) is 4.79 Å². The van der Waals surface area contributed by atoms with Gasteiger partial charge in [-0.05, 0) is 47.5 Å². The second-order valence-electron chi connectivity index (χ2n) is 6.84. The Morgan fingerprint density at radius 1 is 1.06 bits per heavy atom. The zero-order chi connectivity index (χ0) is 21.5. The van der Waals surface area contributed by atoms with Crippen LogP contribution in [0.15, 0.2) is 76.7 Å². The highest BCUT2D eigenvalue weighted by Crippen LogP contribution is 2.25. The number of carbonyl (C=O) groups excluding carboxylic acids is 1. The lowest BCUT2D eigenvalue weighted by molar-refractivity contribution is 0.0928. The largest absolute Gasteiger partial charge is 0.497 e. The van der Waals surface area contributed by atoms with Crippen molar-refractivity contribution in [2.24, 2.45) is 0 Å². The summed E-state index contributed by atoms with van der Waals surface area (Å²) in [4.78, 5) is 17.0. The Balaban J connectivity index is 1.30. The first-order chi connectivity index (χ1) is 15.2. The van der Waals surface area contributed by atoms with Crippen LogP contribution in [0, 0.1) is 0 Å². The van der Waals surface area contributed by atoms with E-state index in [4.69, 9.17) is 13.9 Å². The molecule has 2 heterocycles. The number of ether oxygens (including phenoxy) is 2. The average Bonchev–Trinajstić information content (AvgIpc) is 3.50. The number of hydrogen-bond donors (Lipinski definition) is 1. The van der Waals surface area contributed by atoms with E-state index in [0.29, 0.717) is 25.5 Å². The van der Waals surface area contributed by atoms with E-state index in [2.05, 4.69) is 10.3 Å². The summed E-state index contributed by atoms with van der Waals surface area (Å²) in [6, 6.07) is 19.3. The van der Waals surface area contributed by atoms with Gasteiger partial charge in [-0.1, -0.05) is 24.3 Å². The quantitative estimate of drug-likeness (QED) is 0.399. The average molecular weight is 435 g/mol. The smallest absolute Gasteiger partial charge is 0.271 e. The number of benzene rings is 2. The van der Waals surface area contributed by atoms with Gasteiger partial charge in [0.15, 0.2) is 0 Å². The summed E-state index contributed by atoms with van der Waals surface area (Å²) in [6.07, 6.45) is 1.63. The standard InChI is InChI=1S/C24H22N2O4S/c1-28-20-9-7-19(8-10-20)24-26-22(16-31-24)23(27)25-13-17-4-2-5-18(12-17)14-29-15-21-6-3-11-30-21/h2-12,16H,13-15H2,1H3,(H,25,27). The van der Waals surface area contributed by atoms with Gasteiger partial charge in [0.05, 0.1) is 20.0 Å². The monoisotopic (exact) mass is 434 g/mol. The second-order valence-corrected chi connectivity index (χ2v) is 7.70. The fraction of sp³-hybridized carbons (Fsp3) is 0.167. The van der Waals surface area contributed by atoms with E-state index in [0.717, 1.165) is 33.2 Å². The van der Waals surface area contributed by atoms with Crippen LogP contribution in [0.5, 0.6) is 5.75 Å². The predicted molar refractivity (Wildman–Crippen MR) is 119 cm³/mol. The van der Waals surface area contributed by atoms with Crippen LogP contribution >= 0.6 is 11.3 Å². The third kappa shape index (κ3) is 5.59. The van der Waals surface area contributed by atoms with E-state index in [-0.39, 0.29) is 5.91 Å². The van der Waals surface area contributed by atoms with E-state index < -0.39 is 0 Å². The zero-order valence-corrected chi connectivity index (χ0v) is 17.9. The first-order valence-corrected chi connectivity index (χ1v) is 10.7. The molecule has 1 N–H and O–H groups in total. The summed E-state index contributed by atoms with van der Waals surface area (Å²) < 4.78 is 16.1. The lowest BCUT2D eigenvalue weighted by Crippen LogP contribution is -2.23. The molecule has 0 unspecified atom stereocenters. The minimum Gasteiger partial charge on any atom is -0.497 e. The maximum atomic E-state index is 12.5. The van der Waals surface area contributed by atoms with Crippen molar-refractivity contribution >= 4 is 17.2 Å². The first-order valence-electron chi connectivity index (χ1n) is 9.77. The van der Waals surface area contributed by atoms with Crippen molar-refractivity contribution in [3.8, 4) is 16.3 Å². The molecule has 2 aromatic heterocycles. The molecule has 4 aromatic rings. The molecule has 4 rings (SSSR count). The van der Waals surface area contributed by atoms with Gasteiger partial charge in [0.2, 0.25) is 0 Å². The van der Waals surface area contributed by atoms with Crippen molar-refractivity contribution in [2.45, 2.75) is 19.8 Å². The van der Waals surface area contributed by atoms with E-state index >= 15 is 0 Å². The van der Waals surface area contributed by atoms with Crippen molar-refractivity contribution in [1.82, 2.24) is 10.3 Å². The molecular formula is C24H22N2O4S. The van der Waals surface area contributed by atoms with Crippen LogP contribution in [-0.2, 0) is 24.5 Å². The Morgan fingerprint density at radius 3 is 2.68 bits per heavy atom. The van der Waals surface area contributed by atoms with Gasteiger partial charge >= 0.3 is 0 Å². The van der Waals surface area contributed by atoms with E-state index in [1.165, 1.54) is 11.3 Å². The Kier molecular flexibility index (Phi) is 6.76. The molecule has 0 spiro atoms. The molecule has 6 nitrogen and oxygen atoms in total. The van der Waals surface area contributed by atoms with Gasteiger partial charge in [-0.25, -0.2) is 4.98 Å². The van der Waals surface area contributed by atoms with Crippen molar-refractivity contribution in [2.75, 3.05) is 7.11 Å². The number of aromatic nitrogens is 1. The van der Waals surface area contributed by atoms with Crippen LogP contribution in [0.25, 0.3) is 10.6 Å². The van der Waals surface area contributed by atoms with Gasteiger partial charge in [0.1, 0.15) is 28.8 Å². The molecule has 7 heteroatoms. The molecule has 1 amide bonds. The van der Waals surface area contributed by atoms with Gasteiger partial charge in [0, 0.05) is 17.5 Å². The Labute approximate surface area is 184 Å². The molecule has 0 aliphatic rings. The van der Waals surface area contributed by atoms with E-state index in [1.807, 2.05) is 60.7 Å². The SMILES string of the molecule is COc1ccc(-c2nc(C(=O)NCc3cccc(COCc4ccco4)c3)cs2)cc1. The lowest BCUT2D eigenvalue weighted by atomic mass is 10.1. The predicted octanol–water partition coefficient (Wildman–Crippen LogP) is 5.06. The third-order valence-corrected chi connectivity index (χ3v) is 5.50. The molecule has 31 heavy (non-hydrogen) atoms. The number of amides is 1. The van der Waals surface area contributed by atoms with Crippen LogP contribution in [0.4, 0.5) is 0 Å². The molecule has 0 aliphatic carbocycles. The van der Waals surface area contributed by atoms with Gasteiger partial charge in [0.25, 0.3) is 5.91 Å². The number of thiazole rings is 1. The molecule has 0 saturated carbocycles. The molecule has 0 fully saturated rings. The number of rotatable bonds is 9. The topological polar surface area (TPSA) is 73.6 Å². The summed E-state index contributed by atoms with van der Waals surface area (Å²) in [7, 11) is 1.63. The maximum absolute atomic E-state index is 12.5. The summed E-state index contributed by atoms with van der Waals surface area (Å²) >= 11 is 1.44. The molecule has 0 radical (unpaired) electrons. The lowest BCUT2D eigenvalue weighted by Gasteiger charge is -2.07. The maximum Gasteiger partial charge on any atom is 0.271 e. The molecule has 0 aliphatic heterocycles. The van der Waals surface area contributed by atoms with Crippen molar-refractivity contribution in [3.63, 3.8) is 0 Å². The summed E-state index contributed by atoms with van der Waals surface area (Å²) in [6.45, 7) is 1.31. The van der Waals surface area contributed by atoms with Crippen molar-refractivity contribution < 1.29 is 18.7 Å². The minimum absolute atomic E-state index is 0.199. The fourth-order valence-corrected chi connectivity index (χ4v) is 3.82. The Hall–Kier alpha value is -3.42. The molecule has 0 bridgehead atoms. The number of hydrogen-bond acceptors (Lipinski definition) is 6. The molecular weight excluding hydrogens is 412 g/mol. The summed E-state index contributed by atoms with van der Waals surface area (Å²) in [5.74, 6) is 1.38. The highest BCUT2D eigenvalue weighted by Gasteiger charge is 2.12. The van der Waals surface area contributed by atoms with E-state index in [9.17, 15) is 4.79 Å². The summed E-state index contributed by atoms with van der Waals surface area (Å²) in [5, 5.41) is 5.50. The molecule has 0 atom stereocenters.